The van der Waals surface area contributed by atoms with Crippen molar-refractivity contribution in [1.82, 2.24) is 0 Å². The van der Waals surface area contributed by atoms with E-state index in [1.807, 2.05) is 48.5 Å². The molecule has 0 fully saturated rings. The van der Waals surface area contributed by atoms with Crippen LogP contribution in [0.1, 0.15) is 179 Å². The summed E-state index contributed by atoms with van der Waals surface area (Å²) in [6.07, 6.45) is 26.0. The Morgan fingerprint density at radius 2 is 0.642 bits per heavy atom. The first kappa shape index (κ1) is 47.7. The molecule has 0 aromatic heterocycles. The zero-order chi connectivity index (χ0) is 39.1. The first-order valence-corrected chi connectivity index (χ1v) is 28.5. The van der Waals surface area contributed by atoms with Gasteiger partial charge in [-0.1, -0.05) is 0 Å². The summed E-state index contributed by atoms with van der Waals surface area (Å²) in [5.41, 5.74) is 1.24. The molecule has 0 bridgehead atoms. The van der Waals surface area contributed by atoms with Crippen molar-refractivity contribution in [2.45, 2.75) is 168 Å². The molecular weight excluding hydrogens is 711 g/mol. The molecule has 304 valence electrons. The average molecular weight is 791 g/mol. The van der Waals surface area contributed by atoms with Gasteiger partial charge < -0.3 is 0 Å². The Labute approximate surface area is 331 Å². The molecule has 0 N–H and O–H groups in total. The van der Waals surface area contributed by atoms with Crippen LogP contribution in [0.3, 0.4) is 0 Å². The van der Waals surface area contributed by atoms with E-state index in [0.29, 0.717) is 11.1 Å². The first-order valence-electron chi connectivity index (χ1n) is 21.9. The van der Waals surface area contributed by atoms with E-state index in [0.717, 1.165) is 162 Å². The van der Waals surface area contributed by atoms with Gasteiger partial charge in [0.25, 0.3) is 0 Å². The van der Waals surface area contributed by atoms with Gasteiger partial charge in [-0.2, -0.15) is 0 Å². The van der Waals surface area contributed by atoms with Gasteiger partial charge in [-0.15, -0.1) is 0 Å². The molecule has 7 heteroatoms. The van der Waals surface area contributed by atoms with Gasteiger partial charge in [-0.3, -0.25) is 0 Å². The molecule has 0 heterocycles. The number of unbranched alkanes of at least 4 members (excludes halogenated alkanes) is 8. The summed E-state index contributed by atoms with van der Waals surface area (Å²) in [7, 11) is 0. The standard InChI is InChI=1S/C46H80O4P2S/c1-9-17-33-51(34-18-10-2,35-19-11-3,36-20-12-4)49-45(47)41-29-25-27-31-43(41)53-44-32-28-26-30-42(44)46(48)50-52(37-21-13-5,38-22-14-6,39-23-15-7)40-24-16-8/h25-32H,9-24,33-40H2,1-8H3. The van der Waals surface area contributed by atoms with Crippen molar-refractivity contribution in [3.05, 3.63) is 59.7 Å². The topological polar surface area (TPSA) is 52.6 Å². The Hall–Kier alpha value is -1.41. The molecule has 0 saturated carbocycles. The molecule has 0 aliphatic rings. The van der Waals surface area contributed by atoms with Crippen molar-refractivity contribution in [2.24, 2.45) is 0 Å². The zero-order valence-electron chi connectivity index (χ0n) is 35.5. The fraction of sp³-hybridized carbons (Fsp3) is 0.696. The van der Waals surface area contributed by atoms with Crippen LogP contribution in [-0.2, 0) is 9.05 Å². The van der Waals surface area contributed by atoms with Gasteiger partial charge in [-0.25, -0.2) is 0 Å². The molecule has 2 aromatic carbocycles. The van der Waals surface area contributed by atoms with Crippen LogP contribution in [0.25, 0.3) is 0 Å². The van der Waals surface area contributed by atoms with Crippen LogP contribution in [0.2, 0.25) is 0 Å². The van der Waals surface area contributed by atoms with E-state index < -0.39 is 13.7 Å². The van der Waals surface area contributed by atoms with Crippen LogP contribution in [0.5, 0.6) is 0 Å². The van der Waals surface area contributed by atoms with Crippen molar-refractivity contribution in [3.8, 4) is 0 Å². The second-order valence-electron chi connectivity index (χ2n) is 16.2. The number of carbonyl (C=O) groups excluding carboxylic acids is 2. The molecule has 0 amide bonds. The Balaban J connectivity index is 2.64. The molecule has 0 aliphatic carbocycles. The van der Waals surface area contributed by atoms with Gasteiger partial charge >= 0.3 is 333 Å². The van der Waals surface area contributed by atoms with Crippen LogP contribution in [0.15, 0.2) is 58.3 Å². The van der Waals surface area contributed by atoms with E-state index in [9.17, 15) is 9.59 Å². The fourth-order valence-corrected chi connectivity index (χ4v) is 22.8. The molecule has 53 heavy (non-hydrogen) atoms. The van der Waals surface area contributed by atoms with Gasteiger partial charge in [0, 0.05) is 0 Å². The number of rotatable bonds is 30. The Morgan fingerprint density at radius 1 is 0.415 bits per heavy atom. The average Bonchev–Trinajstić information content (AvgIpc) is 3.18. The third kappa shape index (κ3) is 13.9. The third-order valence-corrected chi connectivity index (χ3v) is 25.8. The van der Waals surface area contributed by atoms with Crippen LogP contribution in [0.4, 0.5) is 0 Å². The van der Waals surface area contributed by atoms with Gasteiger partial charge in [0.05, 0.1) is 0 Å². The maximum absolute atomic E-state index is 14.7. The van der Waals surface area contributed by atoms with Gasteiger partial charge in [0.2, 0.25) is 0 Å². The van der Waals surface area contributed by atoms with Crippen LogP contribution in [-0.4, -0.2) is 61.2 Å². The summed E-state index contributed by atoms with van der Waals surface area (Å²) in [4.78, 5) is 31.1. The van der Waals surface area contributed by atoms with E-state index in [1.54, 1.807) is 0 Å². The van der Waals surface area contributed by atoms with Gasteiger partial charge in [0.1, 0.15) is 0 Å². The van der Waals surface area contributed by atoms with E-state index >= 15 is 0 Å². The molecule has 0 spiro atoms. The SMILES string of the molecule is CCCCP(CCCC)(CCCC)(CCCC)OC(=O)c1ccccc1Sc1ccccc1C(=O)OP(CCCC)(CCCC)(CCCC)CCCC. The molecular formula is C46H80O4P2S. The molecule has 0 saturated heterocycles. The second-order valence-corrected chi connectivity index (χ2v) is 28.6. The minimum atomic E-state index is -2.84. The molecule has 2 rings (SSSR count). The van der Waals surface area contributed by atoms with Crippen molar-refractivity contribution >= 4 is 37.4 Å². The van der Waals surface area contributed by atoms with E-state index in [4.69, 9.17) is 9.05 Å². The molecule has 0 radical (unpaired) electrons. The Bertz CT molecular complexity index is 1170. The summed E-state index contributed by atoms with van der Waals surface area (Å²) in [5, 5.41) is 0. The predicted octanol–water partition coefficient (Wildman–Crippen LogP) is 15.5. The molecule has 0 aliphatic heterocycles. The normalized spacial score (nSPS) is 13.5. The van der Waals surface area contributed by atoms with Crippen molar-refractivity contribution in [2.75, 3.05) is 49.3 Å². The summed E-state index contributed by atoms with van der Waals surface area (Å²) in [6.45, 7) is 12.4. The van der Waals surface area contributed by atoms with Crippen molar-refractivity contribution < 1.29 is 18.6 Å². The van der Waals surface area contributed by atoms with Crippen LogP contribution < -0.4 is 0 Å². The maximum atomic E-state index is 14.7. The predicted molar refractivity (Wildman–Crippen MR) is 240 cm³/mol. The van der Waals surface area contributed by atoms with E-state index in [-0.39, 0.29) is 11.9 Å². The summed E-state index contributed by atoms with van der Waals surface area (Å²) < 4.78 is 14.4. The van der Waals surface area contributed by atoms with E-state index in [2.05, 4.69) is 55.4 Å². The summed E-state index contributed by atoms with van der Waals surface area (Å²) in [6, 6.07) is 15.8. The number of hydrogen-bond donors (Lipinski definition) is 0. The molecule has 0 unspecified atom stereocenters. The second kappa shape index (κ2) is 24.3. The molecule has 2 aromatic rings. The monoisotopic (exact) mass is 791 g/mol. The quantitative estimate of drug-likeness (QED) is 0.0738. The fourth-order valence-electron chi connectivity index (χ4n) is 8.31. The summed E-state index contributed by atoms with van der Waals surface area (Å²) >= 11 is 1.52. The number of hydrogen-bond acceptors (Lipinski definition) is 5. The number of benzene rings is 2. The van der Waals surface area contributed by atoms with Crippen LogP contribution in [0, 0.1) is 0 Å². The number of carbonyl (C=O) groups is 2. The minimum absolute atomic E-state index is 0.173. The Morgan fingerprint density at radius 3 is 0.868 bits per heavy atom. The first-order chi connectivity index (χ1) is 25.6. The van der Waals surface area contributed by atoms with E-state index in [1.165, 1.54) is 11.8 Å². The van der Waals surface area contributed by atoms with Crippen molar-refractivity contribution in [3.63, 3.8) is 0 Å². The van der Waals surface area contributed by atoms with Gasteiger partial charge in [0.15, 0.2) is 0 Å². The zero-order valence-corrected chi connectivity index (χ0v) is 38.1. The Kier molecular flexibility index (Phi) is 21.9. The third-order valence-electron chi connectivity index (χ3n) is 11.7. The van der Waals surface area contributed by atoms with Crippen molar-refractivity contribution in [1.29, 1.82) is 0 Å². The molecule has 4 nitrogen and oxygen atoms in total. The van der Waals surface area contributed by atoms with Gasteiger partial charge in [-0.05, 0) is 0 Å². The van der Waals surface area contributed by atoms with Crippen LogP contribution >= 0.6 is 25.4 Å². The molecule has 0 atom stereocenters. The summed E-state index contributed by atoms with van der Waals surface area (Å²) in [5.74, 6) is -0.345.